The summed E-state index contributed by atoms with van der Waals surface area (Å²) in [6.07, 6.45) is -1.27. The third kappa shape index (κ3) is 6.99. The molecule has 1 aromatic carbocycles. The zero-order chi connectivity index (χ0) is 23.2. The van der Waals surface area contributed by atoms with Crippen LogP contribution < -0.4 is 0 Å². The molecular formula is C21H24ClF3N2O4. The Hall–Kier alpha value is -2.55. The van der Waals surface area contributed by atoms with Crippen molar-refractivity contribution in [3.05, 3.63) is 40.4 Å². The molecule has 0 aliphatic carbocycles. The standard InChI is InChI=1S/C21H24ClF3N2O4/c1-3-31-20(30)15-8-10-27(11-9-15)19(29)13-26(2)18(28)7-5-14-4-6-17(22)16(12-14)21(23,24)25/h4-7,12,15H,3,8-11,13H2,1-2H3. The number of hydrogen-bond acceptors (Lipinski definition) is 4. The average molecular weight is 461 g/mol. The van der Waals surface area contributed by atoms with E-state index >= 15 is 0 Å². The second kappa shape index (κ2) is 10.7. The van der Waals surface area contributed by atoms with Gasteiger partial charge in [0.2, 0.25) is 11.8 Å². The third-order valence-electron chi connectivity index (χ3n) is 4.93. The third-order valence-corrected chi connectivity index (χ3v) is 5.26. The van der Waals surface area contributed by atoms with Gasteiger partial charge in [-0.1, -0.05) is 17.7 Å². The van der Waals surface area contributed by atoms with Crippen LogP contribution >= 0.6 is 11.6 Å². The average Bonchev–Trinajstić information content (AvgIpc) is 2.72. The number of likely N-dealkylation sites (tertiary alicyclic amines) is 1. The van der Waals surface area contributed by atoms with Crippen molar-refractivity contribution in [2.45, 2.75) is 25.9 Å². The van der Waals surface area contributed by atoms with Gasteiger partial charge in [0, 0.05) is 26.2 Å². The van der Waals surface area contributed by atoms with Gasteiger partial charge in [-0.2, -0.15) is 13.2 Å². The first-order valence-electron chi connectivity index (χ1n) is 9.77. The normalized spacial score (nSPS) is 15.2. The number of rotatable bonds is 6. The molecule has 10 heteroatoms. The highest BCUT2D eigenvalue weighted by molar-refractivity contribution is 6.31. The summed E-state index contributed by atoms with van der Waals surface area (Å²) in [5.74, 6) is -1.29. The van der Waals surface area contributed by atoms with E-state index in [1.807, 2.05) is 0 Å². The lowest BCUT2D eigenvalue weighted by Gasteiger charge is -2.32. The minimum atomic E-state index is -4.60. The first-order chi connectivity index (χ1) is 14.5. The molecule has 1 fully saturated rings. The van der Waals surface area contributed by atoms with Crippen LogP contribution in [0.2, 0.25) is 5.02 Å². The van der Waals surface area contributed by atoms with Crippen LogP contribution in [0.5, 0.6) is 0 Å². The van der Waals surface area contributed by atoms with Crippen molar-refractivity contribution in [1.29, 1.82) is 0 Å². The van der Waals surface area contributed by atoms with E-state index in [4.69, 9.17) is 16.3 Å². The SMILES string of the molecule is CCOC(=O)C1CCN(C(=O)CN(C)C(=O)C=Cc2ccc(Cl)c(C(F)(F)F)c2)CC1. The molecule has 2 amide bonds. The number of carbonyl (C=O) groups is 3. The first-order valence-corrected chi connectivity index (χ1v) is 10.1. The monoisotopic (exact) mass is 460 g/mol. The first kappa shape index (κ1) is 24.7. The lowest BCUT2D eigenvalue weighted by molar-refractivity contribution is -0.151. The molecule has 170 valence electrons. The van der Waals surface area contributed by atoms with Crippen LogP contribution in [-0.4, -0.2) is 60.9 Å². The van der Waals surface area contributed by atoms with E-state index in [0.717, 1.165) is 18.2 Å². The number of hydrogen-bond donors (Lipinski definition) is 0. The number of nitrogens with zero attached hydrogens (tertiary/aromatic N) is 2. The van der Waals surface area contributed by atoms with E-state index in [-0.39, 0.29) is 29.9 Å². The molecule has 2 rings (SSSR count). The van der Waals surface area contributed by atoms with Crippen molar-refractivity contribution in [2.75, 3.05) is 33.3 Å². The molecule has 0 spiro atoms. The summed E-state index contributed by atoms with van der Waals surface area (Å²) in [4.78, 5) is 39.2. The Kier molecular flexibility index (Phi) is 8.50. The van der Waals surface area contributed by atoms with Crippen molar-refractivity contribution in [3.8, 4) is 0 Å². The van der Waals surface area contributed by atoms with Crippen LogP contribution in [0.4, 0.5) is 13.2 Å². The maximum Gasteiger partial charge on any atom is 0.417 e. The fraction of sp³-hybridized carbons (Fsp3) is 0.476. The van der Waals surface area contributed by atoms with E-state index < -0.39 is 22.7 Å². The predicted octanol–water partition coefficient (Wildman–Crippen LogP) is 3.63. The second-order valence-corrected chi connectivity index (χ2v) is 7.58. The fourth-order valence-corrected chi connectivity index (χ4v) is 3.39. The minimum absolute atomic E-state index is 0.158. The lowest BCUT2D eigenvalue weighted by atomic mass is 9.97. The summed E-state index contributed by atoms with van der Waals surface area (Å²) in [6, 6.07) is 3.33. The Morgan fingerprint density at radius 1 is 1.26 bits per heavy atom. The van der Waals surface area contributed by atoms with Crippen LogP contribution in [0.25, 0.3) is 6.08 Å². The zero-order valence-electron chi connectivity index (χ0n) is 17.2. The second-order valence-electron chi connectivity index (χ2n) is 7.17. The molecule has 1 aliphatic rings. The van der Waals surface area contributed by atoms with E-state index in [2.05, 4.69) is 0 Å². The number of likely N-dealkylation sites (N-methyl/N-ethyl adjacent to an activating group) is 1. The molecule has 1 aliphatic heterocycles. The minimum Gasteiger partial charge on any atom is -0.466 e. The highest BCUT2D eigenvalue weighted by Gasteiger charge is 2.33. The Balaban J connectivity index is 1.90. The van der Waals surface area contributed by atoms with Gasteiger partial charge in [-0.3, -0.25) is 14.4 Å². The summed E-state index contributed by atoms with van der Waals surface area (Å²) in [5, 5.41) is -0.426. The van der Waals surface area contributed by atoms with Crippen LogP contribution in [0.3, 0.4) is 0 Å². The number of alkyl halides is 3. The van der Waals surface area contributed by atoms with Crippen molar-refractivity contribution in [3.63, 3.8) is 0 Å². The molecule has 6 nitrogen and oxygen atoms in total. The van der Waals surface area contributed by atoms with Crippen LogP contribution in [-0.2, 0) is 25.3 Å². The Morgan fingerprint density at radius 3 is 2.48 bits per heavy atom. The number of benzene rings is 1. The maximum absolute atomic E-state index is 12.9. The highest BCUT2D eigenvalue weighted by atomic mass is 35.5. The lowest BCUT2D eigenvalue weighted by Crippen LogP contribution is -2.45. The van der Waals surface area contributed by atoms with Crippen molar-refractivity contribution in [2.24, 2.45) is 5.92 Å². The van der Waals surface area contributed by atoms with Crippen LogP contribution in [0.1, 0.15) is 30.9 Å². The van der Waals surface area contributed by atoms with Gasteiger partial charge >= 0.3 is 12.1 Å². The number of carbonyl (C=O) groups excluding carboxylic acids is 3. The van der Waals surface area contributed by atoms with Gasteiger partial charge in [-0.25, -0.2) is 0 Å². The summed E-state index contributed by atoms with van der Waals surface area (Å²) in [5.41, 5.74) is -0.829. The summed E-state index contributed by atoms with van der Waals surface area (Å²) >= 11 is 5.58. The quantitative estimate of drug-likeness (QED) is 0.480. The van der Waals surface area contributed by atoms with Gasteiger partial charge in [-0.05, 0) is 43.5 Å². The number of esters is 1. The van der Waals surface area contributed by atoms with E-state index in [1.54, 1.807) is 11.8 Å². The van der Waals surface area contributed by atoms with Gasteiger partial charge in [0.25, 0.3) is 0 Å². The topological polar surface area (TPSA) is 66.9 Å². The Morgan fingerprint density at radius 2 is 1.90 bits per heavy atom. The number of halogens is 4. The molecule has 0 aromatic heterocycles. The highest BCUT2D eigenvalue weighted by Crippen LogP contribution is 2.35. The molecule has 0 N–H and O–H groups in total. The van der Waals surface area contributed by atoms with Gasteiger partial charge in [0.1, 0.15) is 0 Å². The van der Waals surface area contributed by atoms with Crippen LogP contribution in [0, 0.1) is 5.92 Å². The van der Waals surface area contributed by atoms with Crippen molar-refractivity contribution in [1.82, 2.24) is 9.80 Å². The van der Waals surface area contributed by atoms with Gasteiger partial charge < -0.3 is 14.5 Å². The molecule has 0 unspecified atom stereocenters. The van der Waals surface area contributed by atoms with Gasteiger partial charge in [0.05, 0.1) is 29.7 Å². The molecule has 0 bridgehead atoms. The Bertz CT molecular complexity index is 850. The van der Waals surface area contributed by atoms with Crippen LogP contribution in [0.15, 0.2) is 24.3 Å². The van der Waals surface area contributed by atoms with Gasteiger partial charge in [-0.15, -0.1) is 0 Å². The molecule has 0 atom stereocenters. The van der Waals surface area contributed by atoms with E-state index in [1.165, 1.54) is 24.1 Å². The maximum atomic E-state index is 12.9. The number of ether oxygens (including phenoxy) is 1. The molecule has 1 saturated heterocycles. The Labute approximate surface area is 183 Å². The zero-order valence-corrected chi connectivity index (χ0v) is 18.0. The van der Waals surface area contributed by atoms with E-state index in [9.17, 15) is 27.6 Å². The van der Waals surface area contributed by atoms with E-state index in [0.29, 0.717) is 32.5 Å². The predicted molar refractivity (Wildman–Crippen MR) is 109 cm³/mol. The molecule has 1 heterocycles. The number of amides is 2. The molecule has 0 radical (unpaired) electrons. The molecule has 1 aromatic rings. The molecule has 0 saturated carbocycles. The largest absolute Gasteiger partial charge is 0.466 e. The fourth-order valence-electron chi connectivity index (χ4n) is 3.16. The van der Waals surface area contributed by atoms with Crippen molar-refractivity contribution >= 4 is 35.5 Å². The van der Waals surface area contributed by atoms with Crippen molar-refractivity contribution < 1.29 is 32.3 Å². The molecule has 31 heavy (non-hydrogen) atoms. The summed E-state index contributed by atoms with van der Waals surface area (Å²) in [7, 11) is 1.43. The van der Waals surface area contributed by atoms with Gasteiger partial charge in [0.15, 0.2) is 0 Å². The molecular weight excluding hydrogens is 437 g/mol. The smallest absolute Gasteiger partial charge is 0.417 e. The summed E-state index contributed by atoms with van der Waals surface area (Å²) < 4.78 is 43.8. The number of piperidine rings is 1. The summed E-state index contributed by atoms with van der Waals surface area (Å²) in [6.45, 7) is 2.66.